The zero-order chi connectivity index (χ0) is 19.6. The maximum absolute atomic E-state index is 11.1. The summed E-state index contributed by atoms with van der Waals surface area (Å²) < 4.78 is 5.75. The van der Waals surface area contributed by atoms with E-state index in [1.807, 2.05) is 25.2 Å². The van der Waals surface area contributed by atoms with Crippen molar-refractivity contribution in [3.63, 3.8) is 0 Å². The largest absolute Gasteiger partial charge is 0.492 e. The van der Waals surface area contributed by atoms with Crippen LogP contribution >= 0.6 is 0 Å². The zero-order valence-corrected chi connectivity index (χ0v) is 16.5. The molecule has 0 saturated carbocycles. The van der Waals surface area contributed by atoms with Crippen LogP contribution in [0.4, 0.5) is 5.69 Å². The molecule has 2 aromatic rings. The average molecular weight is 368 g/mol. The lowest BCUT2D eigenvalue weighted by atomic mass is 10.1. The van der Waals surface area contributed by atoms with E-state index in [-0.39, 0.29) is 5.91 Å². The first-order valence-corrected chi connectivity index (χ1v) is 8.95. The van der Waals surface area contributed by atoms with Gasteiger partial charge in [-0.3, -0.25) is 9.79 Å². The fourth-order valence-corrected chi connectivity index (χ4v) is 2.63. The molecule has 2 aromatic carbocycles. The number of carbonyl (C=O) groups excluding carboxylic acids is 1. The lowest BCUT2D eigenvalue weighted by Crippen LogP contribution is -2.40. The molecule has 144 valence electrons. The van der Waals surface area contributed by atoms with Crippen LogP contribution in [0.3, 0.4) is 0 Å². The summed E-state index contributed by atoms with van der Waals surface area (Å²) in [5, 5.41) is 6.04. The molecular formula is C21H28N4O2. The van der Waals surface area contributed by atoms with Gasteiger partial charge in [0.25, 0.3) is 0 Å². The first-order valence-electron chi connectivity index (χ1n) is 8.95. The number of nitrogens with zero attached hydrogens (tertiary/aromatic N) is 2. The molecule has 6 heteroatoms. The van der Waals surface area contributed by atoms with Crippen LogP contribution in [0.15, 0.2) is 53.5 Å². The first kappa shape index (κ1) is 20.3. The highest BCUT2D eigenvalue weighted by atomic mass is 16.5. The molecular weight excluding hydrogens is 340 g/mol. The van der Waals surface area contributed by atoms with Crippen LogP contribution in [0, 0.1) is 6.92 Å². The molecule has 2 rings (SSSR count). The molecule has 6 nitrogen and oxygen atoms in total. The number of rotatable bonds is 7. The van der Waals surface area contributed by atoms with Gasteiger partial charge in [-0.25, -0.2) is 0 Å². The van der Waals surface area contributed by atoms with Gasteiger partial charge in [0.1, 0.15) is 12.4 Å². The van der Waals surface area contributed by atoms with Crippen molar-refractivity contribution in [1.29, 1.82) is 0 Å². The van der Waals surface area contributed by atoms with Crippen molar-refractivity contribution in [3.8, 4) is 5.75 Å². The van der Waals surface area contributed by atoms with Gasteiger partial charge in [-0.05, 0) is 24.6 Å². The van der Waals surface area contributed by atoms with E-state index in [0.29, 0.717) is 18.9 Å². The Labute approximate surface area is 161 Å². The van der Waals surface area contributed by atoms with Crippen LogP contribution < -0.4 is 15.4 Å². The highest BCUT2D eigenvalue weighted by molar-refractivity contribution is 5.88. The van der Waals surface area contributed by atoms with Gasteiger partial charge in [-0.15, -0.1) is 0 Å². The summed E-state index contributed by atoms with van der Waals surface area (Å²) in [7, 11) is 3.78. The predicted octanol–water partition coefficient (Wildman–Crippen LogP) is 3.04. The number of ether oxygens (including phenoxy) is 1. The maximum Gasteiger partial charge on any atom is 0.221 e. The van der Waals surface area contributed by atoms with Gasteiger partial charge >= 0.3 is 0 Å². The number of hydrogen-bond donors (Lipinski definition) is 2. The highest BCUT2D eigenvalue weighted by Crippen LogP contribution is 2.17. The van der Waals surface area contributed by atoms with Crippen molar-refractivity contribution >= 4 is 17.6 Å². The second-order valence-electron chi connectivity index (χ2n) is 6.37. The van der Waals surface area contributed by atoms with Crippen LogP contribution in [0.5, 0.6) is 5.75 Å². The van der Waals surface area contributed by atoms with E-state index < -0.39 is 0 Å². The molecule has 1 amide bonds. The molecule has 0 fully saturated rings. The number of hydrogen-bond acceptors (Lipinski definition) is 3. The minimum atomic E-state index is -0.103. The van der Waals surface area contributed by atoms with Crippen molar-refractivity contribution in [3.05, 3.63) is 59.7 Å². The number of aliphatic imine (C=N–C) groups is 1. The number of amides is 1. The molecule has 0 aliphatic carbocycles. The van der Waals surface area contributed by atoms with Gasteiger partial charge in [-0.1, -0.05) is 35.9 Å². The summed E-state index contributed by atoms with van der Waals surface area (Å²) in [6.45, 7) is 5.45. The first-order chi connectivity index (χ1) is 13.0. The van der Waals surface area contributed by atoms with Crippen LogP contribution in [0.2, 0.25) is 0 Å². The SMILES string of the molecule is CN=C(NCCOc1cccc(NC(C)=O)c1)N(C)Cc1ccc(C)cc1. The van der Waals surface area contributed by atoms with Crippen LogP contribution in [-0.2, 0) is 11.3 Å². The van der Waals surface area contributed by atoms with Crippen molar-refractivity contribution in [2.75, 3.05) is 32.6 Å². The Balaban J connectivity index is 1.79. The van der Waals surface area contributed by atoms with Crippen molar-refractivity contribution in [2.24, 2.45) is 4.99 Å². The van der Waals surface area contributed by atoms with Crippen LogP contribution in [-0.4, -0.2) is 44.0 Å². The summed E-state index contributed by atoms with van der Waals surface area (Å²) >= 11 is 0. The lowest BCUT2D eigenvalue weighted by Gasteiger charge is -2.22. The zero-order valence-electron chi connectivity index (χ0n) is 16.5. The Morgan fingerprint density at radius 2 is 1.93 bits per heavy atom. The van der Waals surface area contributed by atoms with E-state index in [0.717, 1.165) is 18.2 Å². The summed E-state index contributed by atoms with van der Waals surface area (Å²) in [6.07, 6.45) is 0. The number of aryl methyl sites for hydroxylation is 1. The molecule has 0 aliphatic heterocycles. The number of carbonyl (C=O) groups is 1. The van der Waals surface area contributed by atoms with Crippen molar-refractivity contribution in [1.82, 2.24) is 10.2 Å². The van der Waals surface area contributed by atoms with Crippen molar-refractivity contribution in [2.45, 2.75) is 20.4 Å². The van der Waals surface area contributed by atoms with Crippen molar-refractivity contribution < 1.29 is 9.53 Å². The third-order valence-electron chi connectivity index (χ3n) is 3.92. The minimum absolute atomic E-state index is 0.103. The molecule has 0 aromatic heterocycles. The molecule has 0 bridgehead atoms. The quantitative estimate of drug-likeness (QED) is 0.448. The Kier molecular flexibility index (Phi) is 7.67. The summed E-state index contributed by atoms with van der Waals surface area (Å²) in [5.74, 6) is 1.42. The fraction of sp³-hybridized carbons (Fsp3) is 0.333. The van der Waals surface area contributed by atoms with Gasteiger partial charge in [0.15, 0.2) is 5.96 Å². The predicted molar refractivity (Wildman–Crippen MR) is 110 cm³/mol. The molecule has 0 heterocycles. The Morgan fingerprint density at radius 3 is 2.59 bits per heavy atom. The van der Waals surface area contributed by atoms with E-state index in [9.17, 15) is 4.79 Å². The molecule has 0 spiro atoms. The number of anilines is 1. The molecule has 0 aliphatic rings. The van der Waals surface area contributed by atoms with E-state index in [4.69, 9.17) is 4.74 Å². The monoisotopic (exact) mass is 368 g/mol. The molecule has 0 radical (unpaired) electrons. The molecule has 0 atom stereocenters. The minimum Gasteiger partial charge on any atom is -0.492 e. The van der Waals surface area contributed by atoms with Gasteiger partial charge in [-0.2, -0.15) is 0 Å². The number of guanidine groups is 1. The van der Waals surface area contributed by atoms with Crippen LogP contribution in [0.25, 0.3) is 0 Å². The molecule has 27 heavy (non-hydrogen) atoms. The van der Waals surface area contributed by atoms with E-state index >= 15 is 0 Å². The smallest absolute Gasteiger partial charge is 0.221 e. The number of benzene rings is 2. The number of nitrogens with one attached hydrogen (secondary N) is 2. The highest BCUT2D eigenvalue weighted by Gasteiger charge is 2.06. The van der Waals surface area contributed by atoms with E-state index in [2.05, 4.69) is 51.7 Å². The molecule has 0 unspecified atom stereocenters. The lowest BCUT2D eigenvalue weighted by molar-refractivity contribution is -0.114. The maximum atomic E-state index is 11.1. The summed E-state index contributed by atoms with van der Waals surface area (Å²) in [5.41, 5.74) is 3.21. The summed E-state index contributed by atoms with van der Waals surface area (Å²) in [6, 6.07) is 15.8. The standard InChI is InChI=1S/C21H28N4O2/c1-16-8-10-18(11-9-16)15-25(4)21(22-3)23-12-13-27-20-7-5-6-19(14-20)24-17(2)26/h5-11,14H,12-13,15H2,1-4H3,(H,22,23)(H,24,26). The average Bonchev–Trinajstić information content (AvgIpc) is 2.63. The van der Waals surface area contributed by atoms with Crippen LogP contribution in [0.1, 0.15) is 18.1 Å². The Morgan fingerprint density at radius 1 is 1.19 bits per heavy atom. The van der Waals surface area contributed by atoms with E-state index in [1.165, 1.54) is 18.1 Å². The third-order valence-corrected chi connectivity index (χ3v) is 3.92. The summed E-state index contributed by atoms with van der Waals surface area (Å²) in [4.78, 5) is 17.5. The topological polar surface area (TPSA) is 66.0 Å². The van der Waals surface area contributed by atoms with Gasteiger partial charge in [0.05, 0.1) is 6.54 Å². The van der Waals surface area contributed by atoms with Gasteiger partial charge in [0.2, 0.25) is 5.91 Å². The van der Waals surface area contributed by atoms with E-state index in [1.54, 1.807) is 13.1 Å². The normalized spacial score (nSPS) is 11.0. The van der Waals surface area contributed by atoms with Gasteiger partial charge < -0.3 is 20.3 Å². The Bertz CT molecular complexity index is 772. The Hall–Kier alpha value is -3.02. The van der Waals surface area contributed by atoms with Gasteiger partial charge in [0, 0.05) is 39.3 Å². The fourth-order valence-electron chi connectivity index (χ4n) is 2.63. The second-order valence-corrected chi connectivity index (χ2v) is 6.37. The third kappa shape index (κ3) is 7.01. The molecule has 2 N–H and O–H groups in total. The second kappa shape index (κ2) is 10.2. The molecule has 0 saturated heterocycles.